The summed E-state index contributed by atoms with van der Waals surface area (Å²) in [6.45, 7) is 1.86. The van der Waals surface area contributed by atoms with E-state index in [0.29, 0.717) is 5.56 Å². The fraction of sp³-hybridized carbons (Fsp3) is 0.150. The van der Waals surface area contributed by atoms with Crippen molar-refractivity contribution < 1.29 is 22.0 Å². The van der Waals surface area contributed by atoms with E-state index in [4.69, 9.17) is 4.42 Å². The highest BCUT2D eigenvalue weighted by Crippen LogP contribution is 2.15. The lowest BCUT2D eigenvalue weighted by Crippen LogP contribution is -2.20. The first-order valence-electron chi connectivity index (χ1n) is 8.64. The molecule has 0 saturated heterocycles. The van der Waals surface area contributed by atoms with Gasteiger partial charge < -0.3 is 9.73 Å². The van der Waals surface area contributed by atoms with Gasteiger partial charge in [0.05, 0.1) is 12.3 Å². The Labute approximate surface area is 167 Å². The molecule has 1 aromatic heterocycles. The van der Waals surface area contributed by atoms with Gasteiger partial charge in [-0.05, 0) is 36.3 Å². The van der Waals surface area contributed by atoms with Crippen LogP contribution >= 0.6 is 0 Å². The third-order valence-electron chi connectivity index (χ3n) is 3.90. The normalized spacial score (nSPS) is 11.7. The molecule has 0 saturated carbocycles. The van der Waals surface area contributed by atoms with Crippen LogP contribution in [0.25, 0.3) is 6.08 Å². The number of carbonyl (C=O) groups is 1. The number of sulfone groups is 1. The van der Waals surface area contributed by atoms with Gasteiger partial charge in [0.15, 0.2) is 0 Å². The second kappa shape index (κ2) is 8.78. The largest absolute Gasteiger partial charge is 0.411 e. The number of nitrogens with zero attached hydrogens (tertiary/aromatic N) is 2. The molecule has 9 heteroatoms. The number of benzene rings is 2. The summed E-state index contributed by atoms with van der Waals surface area (Å²) < 4.78 is 42.7. The highest BCUT2D eigenvalue weighted by Gasteiger charge is 2.23. The minimum Gasteiger partial charge on any atom is -0.411 e. The fourth-order valence-electron chi connectivity index (χ4n) is 2.37. The van der Waals surface area contributed by atoms with E-state index in [0.717, 1.165) is 11.1 Å². The van der Waals surface area contributed by atoms with Crippen molar-refractivity contribution in [1.29, 1.82) is 0 Å². The molecule has 1 N–H and O–H groups in total. The fourth-order valence-corrected chi connectivity index (χ4v) is 3.51. The number of aryl methyl sites for hydroxylation is 1. The Bertz CT molecular complexity index is 1120. The molecule has 0 atom stereocenters. The van der Waals surface area contributed by atoms with Gasteiger partial charge in [-0.2, -0.15) is 0 Å². The van der Waals surface area contributed by atoms with Crippen molar-refractivity contribution in [2.75, 3.05) is 0 Å². The van der Waals surface area contributed by atoms with Gasteiger partial charge in [-0.3, -0.25) is 4.79 Å². The number of carbonyl (C=O) groups excluding carboxylic acids is 1. The van der Waals surface area contributed by atoms with Gasteiger partial charge in [0.25, 0.3) is 0 Å². The Balaban J connectivity index is 1.57. The zero-order valence-electron chi connectivity index (χ0n) is 15.5. The molecule has 0 aliphatic rings. The van der Waals surface area contributed by atoms with Crippen LogP contribution in [0.3, 0.4) is 0 Å². The molecule has 0 unspecified atom stereocenters. The monoisotopic (exact) mass is 415 g/mol. The van der Waals surface area contributed by atoms with Crippen molar-refractivity contribution in [2.45, 2.75) is 24.4 Å². The van der Waals surface area contributed by atoms with Crippen LogP contribution in [0.4, 0.5) is 4.39 Å². The van der Waals surface area contributed by atoms with Gasteiger partial charge in [-0.1, -0.05) is 47.1 Å². The lowest BCUT2D eigenvalue weighted by molar-refractivity contribution is -0.116. The topological polar surface area (TPSA) is 102 Å². The summed E-state index contributed by atoms with van der Waals surface area (Å²) in [7, 11) is -3.88. The molecule has 1 amide bonds. The molecule has 0 fully saturated rings. The van der Waals surface area contributed by atoms with Gasteiger partial charge in [0.1, 0.15) is 5.82 Å². The Hall–Kier alpha value is -3.33. The second-order valence-corrected chi connectivity index (χ2v) is 8.18. The molecule has 0 radical (unpaired) electrons. The first-order valence-corrected chi connectivity index (χ1v) is 10.3. The van der Waals surface area contributed by atoms with Gasteiger partial charge in [0, 0.05) is 6.08 Å². The van der Waals surface area contributed by atoms with Crippen LogP contribution in [-0.2, 0) is 26.9 Å². The van der Waals surface area contributed by atoms with Gasteiger partial charge in [-0.25, -0.2) is 12.8 Å². The van der Waals surface area contributed by atoms with E-state index in [1.165, 1.54) is 30.3 Å². The van der Waals surface area contributed by atoms with Crippen LogP contribution in [0.1, 0.15) is 22.6 Å². The van der Waals surface area contributed by atoms with E-state index in [1.54, 1.807) is 6.08 Å². The summed E-state index contributed by atoms with van der Waals surface area (Å²) in [6.07, 6.45) is 3.01. The van der Waals surface area contributed by atoms with E-state index in [-0.39, 0.29) is 18.3 Å². The van der Waals surface area contributed by atoms with Crippen LogP contribution in [-0.4, -0.2) is 24.5 Å². The van der Waals surface area contributed by atoms with Crippen molar-refractivity contribution in [3.63, 3.8) is 0 Å². The predicted octanol–water partition coefficient (Wildman–Crippen LogP) is 2.82. The Morgan fingerprint density at radius 3 is 2.48 bits per heavy atom. The molecular formula is C20H18FN3O4S. The predicted molar refractivity (Wildman–Crippen MR) is 104 cm³/mol. The molecule has 0 spiro atoms. The van der Waals surface area contributed by atoms with Gasteiger partial charge in [0.2, 0.25) is 21.6 Å². The van der Waals surface area contributed by atoms with E-state index in [9.17, 15) is 17.6 Å². The summed E-state index contributed by atoms with van der Waals surface area (Å²) in [4.78, 5) is 11.9. The molecule has 150 valence electrons. The highest BCUT2D eigenvalue weighted by atomic mass is 32.2. The maximum Gasteiger partial charge on any atom is 0.335 e. The van der Waals surface area contributed by atoms with Crippen LogP contribution in [0, 0.1) is 12.7 Å². The van der Waals surface area contributed by atoms with E-state index in [2.05, 4.69) is 15.5 Å². The number of aromatic nitrogens is 2. The molecule has 3 rings (SSSR count). The summed E-state index contributed by atoms with van der Waals surface area (Å²) in [5.74, 6) is -1.29. The number of amides is 1. The quantitative estimate of drug-likeness (QED) is 0.596. The highest BCUT2D eigenvalue weighted by molar-refractivity contribution is 7.90. The van der Waals surface area contributed by atoms with Crippen LogP contribution in [0.2, 0.25) is 0 Å². The smallest absolute Gasteiger partial charge is 0.335 e. The first-order chi connectivity index (χ1) is 13.8. The maximum atomic E-state index is 12.9. The third-order valence-corrected chi connectivity index (χ3v) is 5.31. The Morgan fingerprint density at radius 2 is 1.79 bits per heavy atom. The maximum absolute atomic E-state index is 12.9. The molecular weight excluding hydrogens is 397 g/mol. The molecule has 7 nitrogen and oxygen atoms in total. The number of hydrogen-bond acceptors (Lipinski definition) is 6. The molecule has 1 heterocycles. The third kappa shape index (κ3) is 5.82. The van der Waals surface area contributed by atoms with E-state index >= 15 is 0 Å². The van der Waals surface area contributed by atoms with Crippen LogP contribution in [0.5, 0.6) is 0 Å². The lowest BCUT2D eigenvalue weighted by atomic mass is 10.1. The lowest BCUT2D eigenvalue weighted by Gasteiger charge is -2.00. The molecule has 3 aromatic rings. The van der Waals surface area contributed by atoms with Crippen LogP contribution < -0.4 is 5.32 Å². The summed E-state index contributed by atoms with van der Waals surface area (Å²) in [6, 6.07) is 12.7. The minimum absolute atomic E-state index is 0.0419. The number of rotatable bonds is 7. The van der Waals surface area contributed by atoms with Gasteiger partial charge >= 0.3 is 5.22 Å². The van der Waals surface area contributed by atoms with Crippen molar-refractivity contribution >= 4 is 21.8 Å². The Kier molecular flexibility index (Phi) is 6.18. The van der Waals surface area contributed by atoms with Crippen molar-refractivity contribution in [2.24, 2.45) is 0 Å². The van der Waals surface area contributed by atoms with E-state index in [1.807, 2.05) is 31.2 Å². The van der Waals surface area contributed by atoms with Crippen LogP contribution in [0.15, 0.2) is 64.2 Å². The molecule has 0 bridgehead atoms. The summed E-state index contributed by atoms with van der Waals surface area (Å²) in [5, 5.41) is 9.17. The van der Waals surface area contributed by atoms with Crippen molar-refractivity contribution in [1.82, 2.24) is 15.5 Å². The second-order valence-electron chi connectivity index (χ2n) is 6.31. The zero-order valence-corrected chi connectivity index (χ0v) is 16.3. The molecule has 2 aromatic carbocycles. The van der Waals surface area contributed by atoms with E-state index < -0.39 is 26.6 Å². The average molecular weight is 415 g/mol. The van der Waals surface area contributed by atoms with Crippen molar-refractivity contribution in [3.05, 3.63) is 83.0 Å². The minimum atomic E-state index is -3.88. The summed E-state index contributed by atoms with van der Waals surface area (Å²) in [5.41, 5.74) is 2.38. The van der Waals surface area contributed by atoms with Crippen molar-refractivity contribution in [3.8, 4) is 0 Å². The molecule has 29 heavy (non-hydrogen) atoms. The number of nitrogens with one attached hydrogen (secondary N) is 1. The number of halogens is 1. The SMILES string of the molecule is Cc1ccc(/C=C/C(=O)NCc2nnc(S(=O)(=O)Cc3ccc(F)cc3)o2)cc1. The average Bonchev–Trinajstić information content (AvgIpc) is 3.18. The first kappa shape index (κ1) is 20.4. The summed E-state index contributed by atoms with van der Waals surface area (Å²) >= 11 is 0. The standard InChI is InChI=1S/C20H18FN3O4S/c1-14-2-4-15(5-3-14)8-11-18(25)22-12-19-23-24-20(28-19)29(26,27)13-16-6-9-17(21)10-7-16/h2-11H,12-13H2,1H3,(H,22,25)/b11-8+. The van der Waals surface area contributed by atoms with Gasteiger partial charge in [-0.15, -0.1) is 5.10 Å². The zero-order chi connectivity index (χ0) is 20.9. The Morgan fingerprint density at radius 1 is 1.10 bits per heavy atom. The molecule has 0 aliphatic carbocycles. The number of hydrogen-bond donors (Lipinski definition) is 1. The molecule has 0 aliphatic heterocycles.